The average molecular weight is 450 g/mol. The number of rotatable bonds is 5. The molecule has 1 saturated heterocycles. The van der Waals surface area contributed by atoms with Crippen molar-refractivity contribution in [1.82, 2.24) is 29.9 Å². The quantitative estimate of drug-likeness (QED) is 0.634. The number of carbonyl (C=O) groups excluding carboxylic acids is 2. The number of anilines is 1. The third kappa shape index (κ3) is 4.51. The minimum atomic E-state index is -0.670. The first-order valence-electron chi connectivity index (χ1n) is 11.3. The van der Waals surface area contributed by atoms with Gasteiger partial charge in [0.25, 0.3) is 11.8 Å². The van der Waals surface area contributed by atoms with Gasteiger partial charge < -0.3 is 10.1 Å². The highest BCUT2D eigenvalue weighted by Crippen LogP contribution is 2.30. The maximum absolute atomic E-state index is 13.1. The molecule has 5 rings (SSSR count). The number of carbonyl (C=O) groups is 2. The first-order valence-corrected chi connectivity index (χ1v) is 11.3. The Morgan fingerprint density at radius 1 is 1.15 bits per heavy atom. The third-order valence-corrected chi connectivity index (χ3v) is 6.25. The molecule has 0 spiro atoms. The van der Waals surface area contributed by atoms with E-state index in [9.17, 15) is 9.59 Å². The van der Waals surface area contributed by atoms with Crippen LogP contribution >= 0.6 is 0 Å². The molecule has 1 atom stereocenters. The molecule has 3 aromatic rings. The van der Waals surface area contributed by atoms with E-state index < -0.39 is 11.9 Å². The standard InChI is InChI=1S/C23H27N7O3/c1-28-20-13-19(17-8-11-33-12-9-17)26-30(20)10-7-18(23(28)32)25-22(31)21-24-15-29(27-21)14-16-5-3-2-4-6-16/h2-6,13,15,17-18H,7-12,14H2,1H3,(H,25,31). The zero-order chi connectivity index (χ0) is 22.8. The number of fused-ring (bicyclic) bond motifs is 1. The molecular weight excluding hydrogens is 422 g/mol. The summed E-state index contributed by atoms with van der Waals surface area (Å²) in [6.45, 7) is 2.54. The molecule has 1 aromatic carbocycles. The van der Waals surface area contributed by atoms with Crippen LogP contribution in [0.25, 0.3) is 0 Å². The Bertz CT molecular complexity index is 1130. The molecule has 0 saturated carbocycles. The molecule has 10 heteroatoms. The van der Waals surface area contributed by atoms with Crippen LogP contribution in [-0.2, 0) is 22.6 Å². The van der Waals surface area contributed by atoms with Crippen molar-refractivity contribution in [1.29, 1.82) is 0 Å². The van der Waals surface area contributed by atoms with Crippen LogP contribution in [0.2, 0.25) is 0 Å². The summed E-state index contributed by atoms with van der Waals surface area (Å²) in [4.78, 5) is 31.6. The van der Waals surface area contributed by atoms with Crippen LogP contribution in [0.4, 0.5) is 5.82 Å². The Kier molecular flexibility index (Phi) is 5.91. The van der Waals surface area contributed by atoms with Crippen molar-refractivity contribution in [2.45, 2.75) is 44.3 Å². The largest absolute Gasteiger partial charge is 0.381 e. The van der Waals surface area contributed by atoms with Gasteiger partial charge in [-0.2, -0.15) is 5.10 Å². The normalized spacial score (nSPS) is 19.2. The highest BCUT2D eigenvalue weighted by molar-refractivity contribution is 6.00. The van der Waals surface area contributed by atoms with Gasteiger partial charge >= 0.3 is 0 Å². The van der Waals surface area contributed by atoms with E-state index in [1.54, 1.807) is 16.6 Å². The predicted molar refractivity (Wildman–Crippen MR) is 120 cm³/mol. The van der Waals surface area contributed by atoms with Crippen LogP contribution in [0.15, 0.2) is 42.7 Å². The van der Waals surface area contributed by atoms with Gasteiger partial charge in [-0.15, -0.1) is 5.10 Å². The summed E-state index contributed by atoms with van der Waals surface area (Å²) < 4.78 is 8.92. The van der Waals surface area contributed by atoms with E-state index in [1.165, 1.54) is 6.33 Å². The van der Waals surface area contributed by atoms with Crippen molar-refractivity contribution in [2.75, 3.05) is 25.2 Å². The van der Waals surface area contributed by atoms with Crippen LogP contribution in [0.5, 0.6) is 0 Å². The summed E-state index contributed by atoms with van der Waals surface area (Å²) in [6.07, 6.45) is 3.85. The van der Waals surface area contributed by atoms with Gasteiger partial charge in [0.05, 0.1) is 12.2 Å². The summed E-state index contributed by atoms with van der Waals surface area (Å²) in [5, 5.41) is 11.8. The highest BCUT2D eigenvalue weighted by Gasteiger charge is 2.32. The second kappa shape index (κ2) is 9.14. The number of amides is 2. The summed E-state index contributed by atoms with van der Waals surface area (Å²) in [5.41, 5.74) is 2.06. The lowest BCUT2D eigenvalue weighted by Gasteiger charge is -2.21. The van der Waals surface area contributed by atoms with Crippen molar-refractivity contribution >= 4 is 17.6 Å². The molecule has 1 N–H and O–H groups in total. The van der Waals surface area contributed by atoms with Crippen molar-refractivity contribution < 1.29 is 14.3 Å². The molecule has 33 heavy (non-hydrogen) atoms. The molecule has 1 fully saturated rings. The zero-order valence-electron chi connectivity index (χ0n) is 18.6. The molecule has 2 amide bonds. The number of aryl methyl sites for hydroxylation is 1. The summed E-state index contributed by atoms with van der Waals surface area (Å²) in [7, 11) is 1.72. The molecule has 0 bridgehead atoms. The smallest absolute Gasteiger partial charge is 0.291 e. The maximum Gasteiger partial charge on any atom is 0.291 e. The fraction of sp³-hybridized carbons (Fsp3) is 0.435. The first kappa shape index (κ1) is 21.3. The van der Waals surface area contributed by atoms with Gasteiger partial charge in [-0.25, -0.2) is 14.3 Å². The number of ether oxygens (including phenoxy) is 1. The molecule has 2 aliphatic heterocycles. The number of hydrogen-bond acceptors (Lipinski definition) is 6. The van der Waals surface area contributed by atoms with Gasteiger partial charge in [0.15, 0.2) is 0 Å². The third-order valence-electron chi connectivity index (χ3n) is 6.25. The Balaban J connectivity index is 1.24. The van der Waals surface area contributed by atoms with Crippen LogP contribution in [0.3, 0.4) is 0 Å². The van der Waals surface area contributed by atoms with Crippen molar-refractivity contribution in [3.05, 3.63) is 59.8 Å². The van der Waals surface area contributed by atoms with Crippen LogP contribution in [0.1, 0.15) is 47.1 Å². The van der Waals surface area contributed by atoms with E-state index in [0.29, 0.717) is 25.4 Å². The average Bonchev–Trinajstić information content (AvgIpc) is 3.47. The fourth-order valence-electron chi connectivity index (χ4n) is 4.38. The van der Waals surface area contributed by atoms with Gasteiger partial charge in [-0.1, -0.05) is 30.3 Å². The lowest BCUT2D eigenvalue weighted by atomic mass is 9.97. The number of aromatic nitrogens is 5. The number of hydrogen-bond donors (Lipinski definition) is 1. The molecule has 0 aliphatic carbocycles. The second-order valence-corrected chi connectivity index (χ2v) is 8.50. The molecule has 2 aliphatic rings. The summed E-state index contributed by atoms with van der Waals surface area (Å²) >= 11 is 0. The van der Waals surface area contributed by atoms with Gasteiger partial charge in [0, 0.05) is 38.8 Å². The first-order chi connectivity index (χ1) is 16.1. The van der Waals surface area contributed by atoms with Crippen molar-refractivity contribution in [2.24, 2.45) is 0 Å². The minimum Gasteiger partial charge on any atom is -0.381 e. The molecule has 4 heterocycles. The van der Waals surface area contributed by atoms with Crippen LogP contribution < -0.4 is 10.2 Å². The van der Waals surface area contributed by atoms with Crippen LogP contribution in [-0.4, -0.2) is 62.7 Å². The second-order valence-electron chi connectivity index (χ2n) is 8.50. The SMILES string of the molecule is CN1C(=O)C(NC(=O)c2ncn(Cc3ccccc3)n2)CCn2nc(C3CCOCC3)cc21. The lowest BCUT2D eigenvalue weighted by Crippen LogP contribution is -2.47. The topological polar surface area (TPSA) is 107 Å². The minimum absolute atomic E-state index is 0.0465. The van der Waals surface area contributed by atoms with Gasteiger partial charge in [-0.3, -0.25) is 14.5 Å². The Morgan fingerprint density at radius 3 is 2.73 bits per heavy atom. The summed E-state index contributed by atoms with van der Waals surface area (Å²) in [5.74, 6) is 0.517. The van der Waals surface area contributed by atoms with Gasteiger partial charge in [-0.05, 0) is 24.8 Å². The van der Waals surface area contributed by atoms with Crippen LogP contribution in [0, 0.1) is 0 Å². The molecule has 0 radical (unpaired) electrons. The Morgan fingerprint density at radius 2 is 1.94 bits per heavy atom. The van der Waals surface area contributed by atoms with Gasteiger partial charge in [0.2, 0.25) is 5.82 Å². The van der Waals surface area contributed by atoms with Crippen molar-refractivity contribution in [3.63, 3.8) is 0 Å². The summed E-state index contributed by atoms with van der Waals surface area (Å²) in [6, 6.07) is 11.1. The molecule has 1 unspecified atom stereocenters. The molecule has 10 nitrogen and oxygen atoms in total. The maximum atomic E-state index is 13.1. The van der Waals surface area contributed by atoms with E-state index in [-0.39, 0.29) is 11.7 Å². The predicted octanol–water partition coefficient (Wildman–Crippen LogP) is 1.58. The number of nitrogens with zero attached hydrogens (tertiary/aromatic N) is 6. The Hall–Kier alpha value is -3.53. The van der Waals surface area contributed by atoms with E-state index in [4.69, 9.17) is 9.84 Å². The molecular formula is C23H27N7O3. The van der Waals surface area contributed by atoms with E-state index in [2.05, 4.69) is 15.4 Å². The van der Waals surface area contributed by atoms with Crippen molar-refractivity contribution in [3.8, 4) is 0 Å². The zero-order valence-corrected chi connectivity index (χ0v) is 18.6. The van der Waals surface area contributed by atoms with E-state index in [1.807, 2.05) is 41.1 Å². The molecule has 2 aromatic heterocycles. The fourth-order valence-corrected chi connectivity index (χ4v) is 4.38. The van der Waals surface area contributed by atoms with E-state index >= 15 is 0 Å². The highest BCUT2D eigenvalue weighted by atomic mass is 16.5. The van der Waals surface area contributed by atoms with Gasteiger partial charge in [0.1, 0.15) is 18.2 Å². The monoisotopic (exact) mass is 449 g/mol. The number of nitrogens with one attached hydrogen (secondary N) is 1. The molecule has 172 valence electrons. The number of benzene rings is 1. The number of likely N-dealkylation sites (N-methyl/N-ethyl adjacent to an activating group) is 1. The Labute approximate surface area is 191 Å². The van der Waals surface area contributed by atoms with E-state index in [0.717, 1.165) is 43.1 Å². The lowest BCUT2D eigenvalue weighted by molar-refractivity contribution is -0.120.